The van der Waals surface area contributed by atoms with Crippen LogP contribution in [0.1, 0.15) is 85.0 Å². The molecule has 2 N–H and O–H groups in total. The molecule has 8 nitrogen and oxygen atoms in total. The van der Waals surface area contributed by atoms with Crippen molar-refractivity contribution in [1.82, 2.24) is 0 Å². The van der Waals surface area contributed by atoms with E-state index in [2.05, 4.69) is 27.4 Å². The van der Waals surface area contributed by atoms with E-state index in [0.29, 0.717) is 36.0 Å². The highest BCUT2D eigenvalue weighted by Gasteiger charge is 2.76. The predicted molar refractivity (Wildman–Crippen MR) is 174 cm³/mol. The molecular formula is C36H52O8Si. The van der Waals surface area contributed by atoms with E-state index in [4.69, 9.17) is 18.6 Å². The van der Waals surface area contributed by atoms with Crippen molar-refractivity contribution in [3.05, 3.63) is 59.2 Å². The van der Waals surface area contributed by atoms with E-state index in [1.807, 2.05) is 33.8 Å². The van der Waals surface area contributed by atoms with Crippen LogP contribution in [0.5, 0.6) is 0 Å². The molecule has 9 heteroatoms. The fourth-order valence-corrected chi connectivity index (χ4v) is 12.2. The fraction of sp³-hybridized carbons (Fsp3) is 0.667. The Morgan fingerprint density at radius 1 is 1.09 bits per heavy atom. The molecule has 1 saturated heterocycles. The maximum Gasteiger partial charge on any atom is 0.338 e. The lowest BCUT2D eigenvalue weighted by Gasteiger charge is -2.69. The molecule has 1 aromatic rings. The average Bonchev–Trinajstić information content (AvgIpc) is 3.00. The van der Waals surface area contributed by atoms with Crippen molar-refractivity contribution >= 4 is 20.3 Å². The second kappa shape index (κ2) is 11.7. The van der Waals surface area contributed by atoms with Gasteiger partial charge in [-0.1, -0.05) is 71.9 Å². The molecule has 2 bridgehead atoms. The topological polar surface area (TPSA) is 112 Å². The van der Waals surface area contributed by atoms with Gasteiger partial charge in [-0.15, -0.1) is 0 Å². The van der Waals surface area contributed by atoms with Crippen LogP contribution < -0.4 is 0 Å². The molecule has 0 aromatic heterocycles. The molecule has 1 unspecified atom stereocenters. The summed E-state index contributed by atoms with van der Waals surface area (Å²) in [7, 11) is -2.26. The number of esters is 2. The molecule has 45 heavy (non-hydrogen) atoms. The number of aliphatic hydroxyl groups is 2. The van der Waals surface area contributed by atoms with Crippen LogP contribution in [0, 0.1) is 16.7 Å². The zero-order valence-corrected chi connectivity index (χ0v) is 29.3. The van der Waals surface area contributed by atoms with Crippen molar-refractivity contribution in [2.75, 3.05) is 6.61 Å². The lowest BCUT2D eigenvalue weighted by atomic mass is 9.44. The quantitative estimate of drug-likeness (QED) is 0.198. The van der Waals surface area contributed by atoms with Gasteiger partial charge in [0, 0.05) is 24.2 Å². The zero-order valence-electron chi connectivity index (χ0n) is 28.3. The van der Waals surface area contributed by atoms with Crippen molar-refractivity contribution in [2.24, 2.45) is 16.7 Å². The van der Waals surface area contributed by atoms with Gasteiger partial charge in [0.25, 0.3) is 0 Å². The molecule has 4 aliphatic rings. The zero-order chi connectivity index (χ0) is 33.2. The lowest BCUT2D eigenvalue weighted by molar-refractivity contribution is -0.344. The Morgan fingerprint density at radius 3 is 2.24 bits per heavy atom. The van der Waals surface area contributed by atoms with Gasteiger partial charge in [-0.25, -0.2) is 4.79 Å². The summed E-state index contributed by atoms with van der Waals surface area (Å²) in [6.07, 6.45) is -2.08. The molecule has 1 heterocycles. The third-order valence-corrected chi connectivity index (χ3v) is 17.0. The summed E-state index contributed by atoms with van der Waals surface area (Å²) in [5.74, 6) is -1.90. The first-order valence-corrected chi connectivity index (χ1v) is 19.2. The number of ether oxygens (including phenoxy) is 3. The number of aliphatic hydroxyl groups excluding tert-OH is 1. The summed E-state index contributed by atoms with van der Waals surface area (Å²) >= 11 is 0. The van der Waals surface area contributed by atoms with Crippen molar-refractivity contribution in [3.8, 4) is 0 Å². The molecule has 1 aromatic carbocycles. The molecule has 0 spiro atoms. The summed E-state index contributed by atoms with van der Waals surface area (Å²) < 4.78 is 26.4. The Bertz CT molecular complexity index is 1360. The highest BCUT2D eigenvalue weighted by Crippen LogP contribution is 2.66. The van der Waals surface area contributed by atoms with E-state index < -0.39 is 72.6 Å². The highest BCUT2D eigenvalue weighted by atomic mass is 28.4. The van der Waals surface area contributed by atoms with Gasteiger partial charge in [0.1, 0.15) is 17.8 Å². The standard InChI is InChI=1S/C36H52O8Si/c1-10-45(11-2,12-3)44-26-20-27-35(21-41-27,43-24(6)37)30-31(42-32(39)25-16-14-13-15-17-25)36(40)19-18-22(4)28(33(36,7)8)29(38)23(5)34(26,30)9/h13-17,26-27,29-31,38,40H,5,10-12,18-21H2,1-4,6-9H3/t26-,27+,29-,30?,31-,34+,35-,36+/m0/s1. The number of fused-ring (bicyclic) bond motifs is 5. The first-order chi connectivity index (χ1) is 21.1. The van der Waals surface area contributed by atoms with Crippen LogP contribution in [0.15, 0.2) is 53.6 Å². The van der Waals surface area contributed by atoms with Crippen molar-refractivity contribution in [3.63, 3.8) is 0 Å². The number of carbonyl (C=O) groups is 2. The van der Waals surface area contributed by atoms with Crippen LogP contribution >= 0.6 is 0 Å². The van der Waals surface area contributed by atoms with E-state index in [-0.39, 0.29) is 6.61 Å². The van der Waals surface area contributed by atoms with Crippen molar-refractivity contribution in [1.29, 1.82) is 0 Å². The predicted octanol–water partition coefficient (Wildman–Crippen LogP) is 6.13. The number of benzene rings is 1. The molecule has 0 amide bonds. The largest absolute Gasteiger partial charge is 0.455 e. The molecular weight excluding hydrogens is 588 g/mol. The van der Waals surface area contributed by atoms with Gasteiger partial charge in [-0.2, -0.15) is 0 Å². The molecule has 1 aliphatic heterocycles. The summed E-state index contributed by atoms with van der Waals surface area (Å²) in [4.78, 5) is 26.9. The van der Waals surface area contributed by atoms with Crippen LogP contribution in [0.2, 0.25) is 18.1 Å². The number of rotatable bonds is 8. The fourth-order valence-electron chi connectivity index (χ4n) is 9.28. The maximum absolute atomic E-state index is 14.0. The van der Waals surface area contributed by atoms with E-state index in [1.165, 1.54) is 6.92 Å². The van der Waals surface area contributed by atoms with Gasteiger partial charge < -0.3 is 28.8 Å². The minimum Gasteiger partial charge on any atom is -0.455 e. The number of carbonyl (C=O) groups excluding carboxylic acids is 2. The molecule has 248 valence electrons. The summed E-state index contributed by atoms with van der Waals surface area (Å²) in [5.41, 5.74) is -2.43. The van der Waals surface area contributed by atoms with Gasteiger partial charge >= 0.3 is 11.9 Å². The van der Waals surface area contributed by atoms with E-state index in [1.54, 1.807) is 24.3 Å². The van der Waals surface area contributed by atoms with Crippen LogP contribution in [0.4, 0.5) is 0 Å². The third-order valence-electron chi connectivity index (χ3n) is 12.4. The molecule has 3 aliphatic carbocycles. The summed E-state index contributed by atoms with van der Waals surface area (Å²) in [6, 6.07) is 11.4. The van der Waals surface area contributed by atoms with Crippen LogP contribution in [-0.4, -0.2) is 72.7 Å². The van der Waals surface area contributed by atoms with Crippen molar-refractivity contribution in [2.45, 2.75) is 128 Å². The van der Waals surface area contributed by atoms with Gasteiger partial charge in [-0.05, 0) is 61.2 Å². The smallest absolute Gasteiger partial charge is 0.338 e. The maximum atomic E-state index is 14.0. The first kappa shape index (κ1) is 34.0. The second-order valence-corrected chi connectivity index (χ2v) is 19.3. The highest BCUT2D eigenvalue weighted by molar-refractivity contribution is 6.73. The van der Waals surface area contributed by atoms with E-state index >= 15 is 0 Å². The van der Waals surface area contributed by atoms with Crippen LogP contribution in [0.25, 0.3) is 0 Å². The number of allylic oxidation sites excluding steroid dienone is 1. The first-order valence-electron chi connectivity index (χ1n) is 16.6. The van der Waals surface area contributed by atoms with Gasteiger partial charge in [0.15, 0.2) is 13.9 Å². The molecule has 5 rings (SSSR count). The van der Waals surface area contributed by atoms with Crippen LogP contribution in [0.3, 0.4) is 0 Å². The number of hydrogen-bond acceptors (Lipinski definition) is 8. The molecule has 8 atom stereocenters. The van der Waals surface area contributed by atoms with Gasteiger partial charge in [-0.3, -0.25) is 4.79 Å². The Hall–Kier alpha value is -2.30. The summed E-state index contributed by atoms with van der Waals surface area (Å²) in [6.45, 7) is 20.3. The minimum absolute atomic E-state index is 0.0725. The second-order valence-electron chi connectivity index (χ2n) is 14.6. The lowest BCUT2D eigenvalue weighted by Crippen LogP contribution is -2.80. The summed E-state index contributed by atoms with van der Waals surface area (Å²) in [5, 5.41) is 25.5. The monoisotopic (exact) mass is 640 g/mol. The molecule has 0 radical (unpaired) electrons. The van der Waals surface area contributed by atoms with Crippen LogP contribution in [-0.2, 0) is 23.4 Å². The molecule has 2 saturated carbocycles. The third kappa shape index (κ3) is 4.91. The SMILES string of the molecule is C=C1[C@H](O)C2=C(C)CC[C@@](O)([C@@H](OC(=O)c3ccccc3)C3[C@@]1(C)[C@@H](O[Si](CC)(CC)CC)C[C@H]1OC[C@@]31OC(C)=O)C2(C)C. The average molecular weight is 641 g/mol. The molecule has 3 fully saturated rings. The Balaban J connectivity index is 1.82. The Kier molecular flexibility index (Phi) is 8.88. The minimum atomic E-state index is -2.26. The Labute approximate surface area is 269 Å². The Morgan fingerprint density at radius 2 is 1.71 bits per heavy atom. The van der Waals surface area contributed by atoms with Gasteiger partial charge in [0.2, 0.25) is 0 Å². The van der Waals surface area contributed by atoms with E-state index in [0.717, 1.165) is 23.7 Å². The van der Waals surface area contributed by atoms with Gasteiger partial charge in [0.05, 0.1) is 30.3 Å². The number of hydrogen-bond donors (Lipinski definition) is 2. The normalized spacial score (nSPS) is 37.4. The van der Waals surface area contributed by atoms with Crippen molar-refractivity contribution < 1.29 is 38.4 Å². The van der Waals surface area contributed by atoms with E-state index in [9.17, 15) is 19.8 Å².